The molecule has 0 aliphatic heterocycles. The highest BCUT2D eigenvalue weighted by Gasteiger charge is 2.32. The van der Waals surface area contributed by atoms with Crippen molar-refractivity contribution in [2.24, 2.45) is 0 Å². The molecule has 0 N–H and O–H groups in total. The maximum absolute atomic E-state index is 12.9. The lowest BCUT2D eigenvalue weighted by molar-refractivity contribution is -0.137. The smallest absolute Gasteiger partial charge is 0.416 e. The average molecular weight is 505 g/mol. The SMILES string of the molecule is O=C(c1ccco1)N(Cc1ccc(OS(=O)(=O)c2cccc(C(F)(F)F)c2)cc1)Cc1ccco1. The van der Waals surface area contributed by atoms with Crippen LogP contribution in [0.2, 0.25) is 0 Å². The Morgan fingerprint density at radius 2 is 1.60 bits per heavy atom. The molecule has 0 atom stereocenters. The number of furan rings is 2. The van der Waals surface area contributed by atoms with Crippen LogP contribution in [-0.4, -0.2) is 19.2 Å². The summed E-state index contributed by atoms with van der Waals surface area (Å²) in [6, 6.07) is 15.6. The highest BCUT2D eigenvalue weighted by molar-refractivity contribution is 7.87. The third kappa shape index (κ3) is 5.93. The number of alkyl halides is 3. The molecule has 0 saturated carbocycles. The zero-order chi connectivity index (χ0) is 25.1. The molecule has 2 heterocycles. The van der Waals surface area contributed by atoms with Gasteiger partial charge in [-0.3, -0.25) is 4.79 Å². The second kappa shape index (κ2) is 9.71. The van der Waals surface area contributed by atoms with Crippen LogP contribution in [0.1, 0.15) is 27.4 Å². The van der Waals surface area contributed by atoms with Gasteiger partial charge in [-0.05, 0) is 60.2 Å². The number of amides is 1. The monoisotopic (exact) mass is 505 g/mol. The molecular formula is C24H18F3NO6S. The van der Waals surface area contributed by atoms with Crippen molar-refractivity contribution in [1.29, 1.82) is 0 Å². The molecule has 0 radical (unpaired) electrons. The van der Waals surface area contributed by atoms with E-state index in [9.17, 15) is 26.4 Å². The van der Waals surface area contributed by atoms with E-state index in [1.54, 1.807) is 30.3 Å². The van der Waals surface area contributed by atoms with Crippen molar-refractivity contribution in [1.82, 2.24) is 4.90 Å². The number of hydrogen-bond acceptors (Lipinski definition) is 6. The van der Waals surface area contributed by atoms with Crippen LogP contribution in [0.5, 0.6) is 5.75 Å². The summed E-state index contributed by atoms with van der Waals surface area (Å²) in [5.74, 6) is 0.223. The largest absolute Gasteiger partial charge is 0.467 e. The number of carbonyl (C=O) groups is 1. The van der Waals surface area contributed by atoms with Gasteiger partial charge in [0.05, 0.1) is 24.6 Å². The van der Waals surface area contributed by atoms with Crippen LogP contribution in [0.3, 0.4) is 0 Å². The van der Waals surface area contributed by atoms with Gasteiger partial charge in [-0.2, -0.15) is 21.6 Å². The molecule has 1 amide bonds. The van der Waals surface area contributed by atoms with E-state index < -0.39 is 26.8 Å². The zero-order valence-electron chi connectivity index (χ0n) is 17.9. The van der Waals surface area contributed by atoms with Crippen LogP contribution in [0, 0.1) is 0 Å². The number of nitrogens with zero attached hydrogens (tertiary/aromatic N) is 1. The van der Waals surface area contributed by atoms with E-state index in [0.717, 1.165) is 18.2 Å². The Morgan fingerprint density at radius 3 is 2.23 bits per heavy atom. The molecule has 4 aromatic rings. The first-order chi connectivity index (χ1) is 16.6. The maximum atomic E-state index is 12.9. The Labute approximate surface area is 198 Å². The normalized spacial score (nSPS) is 11.9. The minimum atomic E-state index is -4.69. The van der Waals surface area contributed by atoms with Gasteiger partial charge in [-0.25, -0.2) is 0 Å². The van der Waals surface area contributed by atoms with Gasteiger partial charge in [-0.1, -0.05) is 18.2 Å². The fourth-order valence-electron chi connectivity index (χ4n) is 3.22. The highest BCUT2D eigenvalue weighted by Crippen LogP contribution is 2.31. The van der Waals surface area contributed by atoms with Crippen LogP contribution in [0.4, 0.5) is 13.2 Å². The summed E-state index contributed by atoms with van der Waals surface area (Å²) in [4.78, 5) is 13.7. The Hall–Kier alpha value is -3.99. The highest BCUT2D eigenvalue weighted by atomic mass is 32.2. The fourth-order valence-corrected chi connectivity index (χ4v) is 4.20. The molecule has 35 heavy (non-hydrogen) atoms. The number of halogens is 3. The molecule has 0 aliphatic rings. The molecule has 7 nitrogen and oxygen atoms in total. The lowest BCUT2D eigenvalue weighted by Gasteiger charge is -2.21. The summed E-state index contributed by atoms with van der Waals surface area (Å²) in [7, 11) is -4.50. The third-order valence-corrected chi connectivity index (χ3v) is 6.14. The third-order valence-electron chi connectivity index (χ3n) is 4.90. The quantitative estimate of drug-likeness (QED) is 0.294. The van der Waals surface area contributed by atoms with Crippen molar-refractivity contribution in [2.45, 2.75) is 24.2 Å². The fraction of sp³-hybridized carbons (Fsp3) is 0.125. The van der Waals surface area contributed by atoms with E-state index in [2.05, 4.69) is 0 Å². The summed E-state index contributed by atoms with van der Waals surface area (Å²) in [6.07, 6.45) is -1.82. The van der Waals surface area contributed by atoms with Gasteiger partial charge in [0, 0.05) is 6.54 Å². The molecule has 0 bridgehead atoms. The Bertz CT molecular complexity index is 1380. The second-order valence-electron chi connectivity index (χ2n) is 7.42. The number of carbonyl (C=O) groups excluding carboxylic acids is 1. The van der Waals surface area contributed by atoms with E-state index in [1.807, 2.05) is 0 Å². The molecule has 2 aromatic carbocycles. The standard InChI is InChI=1S/C24H18F3NO6S/c25-24(26,27)18-4-1-6-21(14-18)35(30,31)34-19-10-8-17(9-11-19)15-28(16-20-5-2-12-32-20)23(29)22-7-3-13-33-22/h1-14H,15-16H2. The van der Waals surface area contributed by atoms with E-state index in [0.29, 0.717) is 17.4 Å². The van der Waals surface area contributed by atoms with E-state index in [1.165, 1.54) is 35.6 Å². The minimum absolute atomic E-state index is 0.0962. The topological polar surface area (TPSA) is 90.0 Å². The molecule has 0 fully saturated rings. The lowest BCUT2D eigenvalue weighted by atomic mass is 10.2. The average Bonchev–Trinajstić information content (AvgIpc) is 3.53. The van der Waals surface area contributed by atoms with Crippen molar-refractivity contribution in [3.8, 4) is 5.75 Å². The number of rotatable bonds is 8. The van der Waals surface area contributed by atoms with Gasteiger partial charge < -0.3 is 17.9 Å². The number of hydrogen-bond donors (Lipinski definition) is 0. The van der Waals surface area contributed by atoms with E-state index in [-0.39, 0.29) is 30.5 Å². The molecule has 4 rings (SSSR count). The lowest BCUT2D eigenvalue weighted by Crippen LogP contribution is -2.29. The van der Waals surface area contributed by atoms with Gasteiger partial charge in [0.15, 0.2) is 5.76 Å². The van der Waals surface area contributed by atoms with Crippen molar-refractivity contribution in [3.63, 3.8) is 0 Å². The maximum Gasteiger partial charge on any atom is 0.416 e. The van der Waals surface area contributed by atoms with Crippen LogP contribution >= 0.6 is 0 Å². The molecule has 11 heteroatoms. The first-order valence-corrected chi connectivity index (χ1v) is 11.6. The van der Waals surface area contributed by atoms with Gasteiger partial charge >= 0.3 is 16.3 Å². The molecule has 182 valence electrons. The van der Waals surface area contributed by atoms with Crippen LogP contribution < -0.4 is 4.18 Å². The summed E-state index contributed by atoms with van der Waals surface area (Å²) >= 11 is 0. The van der Waals surface area contributed by atoms with Gasteiger partial charge in [0.25, 0.3) is 5.91 Å². The summed E-state index contributed by atoms with van der Waals surface area (Å²) in [5.41, 5.74) is -0.462. The molecule has 0 spiro atoms. The first-order valence-electron chi connectivity index (χ1n) is 10.2. The number of benzene rings is 2. The van der Waals surface area contributed by atoms with Gasteiger partial charge in [-0.15, -0.1) is 0 Å². The van der Waals surface area contributed by atoms with E-state index in [4.69, 9.17) is 13.0 Å². The summed E-state index contributed by atoms with van der Waals surface area (Å²) in [5, 5.41) is 0. The van der Waals surface area contributed by atoms with Crippen molar-refractivity contribution >= 4 is 16.0 Å². The van der Waals surface area contributed by atoms with Crippen molar-refractivity contribution in [2.75, 3.05) is 0 Å². The van der Waals surface area contributed by atoms with Crippen molar-refractivity contribution < 1.29 is 39.4 Å². The zero-order valence-corrected chi connectivity index (χ0v) is 18.8. The van der Waals surface area contributed by atoms with Crippen molar-refractivity contribution in [3.05, 3.63) is 108 Å². The predicted molar refractivity (Wildman–Crippen MR) is 117 cm³/mol. The Morgan fingerprint density at radius 1 is 0.886 bits per heavy atom. The Kier molecular flexibility index (Phi) is 6.70. The summed E-state index contributed by atoms with van der Waals surface area (Å²) in [6.45, 7) is 0.301. The van der Waals surface area contributed by atoms with Gasteiger partial charge in [0.2, 0.25) is 0 Å². The molecule has 2 aromatic heterocycles. The van der Waals surface area contributed by atoms with Gasteiger partial charge in [0.1, 0.15) is 16.4 Å². The first kappa shape index (κ1) is 24.1. The van der Waals surface area contributed by atoms with Crippen LogP contribution in [0.15, 0.2) is 99.1 Å². The summed E-state index contributed by atoms with van der Waals surface area (Å²) < 4.78 is 79.3. The molecule has 0 aliphatic carbocycles. The van der Waals surface area contributed by atoms with E-state index >= 15 is 0 Å². The minimum Gasteiger partial charge on any atom is -0.467 e. The Balaban J connectivity index is 1.50. The predicted octanol–water partition coefficient (Wildman–Crippen LogP) is 5.50. The molecular weight excluding hydrogens is 487 g/mol. The van der Waals surface area contributed by atoms with Crippen LogP contribution in [0.25, 0.3) is 0 Å². The molecule has 0 saturated heterocycles. The second-order valence-corrected chi connectivity index (χ2v) is 8.97. The molecule has 0 unspecified atom stereocenters. The van der Waals surface area contributed by atoms with Crippen LogP contribution in [-0.2, 0) is 29.4 Å².